The van der Waals surface area contributed by atoms with Gasteiger partial charge in [0, 0.05) is 6.42 Å². The Balaban J connectivity index is 0.00000272. The summed E-state index contributed by atoms with van der Waals surface area (Å²) in [6.45, 7) is 8.88. The minimum Gasteiger partial charge on any atom is -0.393 e. The molecule has 4 saturated carbocycles. The van der Waals surface area contributed by atoms with Crippen molar-refractivity contribution >= 4 is 0 Å². The van der Waals surface area contributed by atoms with Gasteiger partial charge in [0.05, 0.1) is 18.3 Å². The second-order valence-electron chi connectivity index (χ2n) is 10.7. The Bertz CT molecular complexity index is 743. The van der Waals surface area contributed by atoms with Gasteiger partial charge in [0.15, 0.2) is 0 Å². The molecule has 31 heavy (non-hydrogen) atoms. The summed E-state index contributed by atoms with van der Waals surface area (Å²) in [4.78, 5) is 0. The molecular formula is C28H44O3. The van der Waals surface area contributed by atoms with Crippen LogP contribution in [0.25, 0.3) is 0 Å². The molecule has 0 saturated heterocycles. The number of aliphatic hydroxyl groups excluding tert-OH is 3. The predicted molar refractivity (Wildman–Crippen MR) is 128 cm³/mol. The van der Waals surface area contributed by atoms with Crippen molar-refractivity contribution in [2.45, 2.75) is 97.4 Å². The van der Waals surface area contributed by atoms with Crippen LogP contribution in [0.2, 0.25) is 0 Å². The lowest BCUT2D eigenvalue weighted by Gasteiger charge is -2.44. The van der Waals surface area contributed by atoms with Crippen LogP contribution in [0.5, 0.6) is 0 Å². The predicted octanol–water partition coefficient (Wildman–Crippen LogP) is 5.73. The van der Waals surface area contributed by atoms with E-state index in [2.05, 4.69) is 44.7 Å². The Hall–Kier alpha value is -1.16. The maximum atomic E-state index is 10.2. The van der Waals surface area contributed by atoms with E-state index in [4.69, 9.17) is 0 Å². The molecule has 0 aromatic heterocycles. The average Bonchev–Trinajstić information content (AvgIpc) is 3.49. The van der Waals surface area contributed by atoms with Gasteiger partial charge in [-0.05, 0) is 91.6 Å². The summed E-state index contributed by atoms with van der Waals surface area (Å²) in [6, 6.07) is 0. The number of allylic oxidation sites excluding steroid dienone is 4. The van der Waals surface area contributed by atoms with E-state index < -0.39 is 12.2 Å². The fourth-order valence-corrected chi connectivity index (χ4v) is 6.63. The van der Waals surface area contributed by atoms with Crippen LogP contribution < -0.4 is 0 Å². The van der Waals surface area contributed by atoms with Crippen molar-refractivity contribution in [1.82, 2.24) is 0 Å². The lowest BCUT2D eigenvalue weighted by Crippen LogP contribution is -2.35. The fourth-order valence-electron chi connectivity index (χ4n) is 6.63. The van der Waals surface area contributed by atoms with E-state index in [1.54, 1.807) is 0 Å². The van der Waals surface area contributed by atoms with E-state index in [0.717, 1.165) is 17.6 Å². The molecule has 4 aliphatic rings. The van der Waals surface area contributed by atoms with Crippen LogP contribution in [0.4, 0.5) is 0 Å². The highest BCUT2D eigenvalue weighted by Gasteiger charge is 2.50. The molecule has 3 N–H and O–H groups in total. The molecule has 4 rings (SSSR count). The zero-order valence-electron chi connectivity index (χ0n) is 18.8. The molecule has 0 spiro atoms. The van der Waals surface area contributed by atoms with Crippen molar-refractivity contribution in [3.8, 4) is 0 Å². The Morgan fingerprint density at radius 1 is 1.10 bits per heavy atom. The van der Waals surface area contributed by atoms with E-state index in [1.165, 1.54) is 44.1 Å². The molecule has 4 aliphatic carbocycles. The Morgan fingerprint density at radius 3 is 2.55 bits per heavy atom. The molecule has 3 heteroatoms. The van der Waals surface area contributed by atoms with Gasteiger partial charge in [0.2, 0.25) is 0 Å². The Morgan fingerprint density at radius 2 is 1.84 bits per heavy atom. The third-order valence-corrected chi connectivity index (χ3v) is 8.65. The van der Waals surface area contributed by atoms with Gasteiger partial charge >= 0.3 is 0 Å². The molecule has 0 aromatic carbocycles. The van der Waals surface area contributed by atoms with Crippen molar-refractivity contribution in [1.29, 1.82) is 0 Å². The summed E-state index contributed by atoms with van der Waals surface area (Å²) in [6.07, 6.45) is 16.9. The van der Waals surface area contributed by atoms with Crippen LogP contribution in [0.3, 0.4) is 0 Å². The van der Waals surface area contributed by atoms with Crippen LogP contribution in [-0.4, -0.2) is 33.6 Å². The summed E-state index contributed by atoms with van der Waals surface area (Å²) in [5.74, 6) is 2.28. The highest BCUT2D eigenvalue weighted by Crippen LogP contribution is 2.59. The van der Waals surface area contributed by atoms with E-state index in [9.17, 15) is 15.3 Å². The summed E-state index contributed by atoms with van der Waals surface area (Å²) < 4.78 is 0. The van der Waals surface area contributed by atoms with Crippen molar-refractivity contribution in [2.75, 3.05) is 0 Å². The van der Waals surface area contributed by atoms with Crippen molar-refractivity contribution in [2.24, 2.45) is 29.1 Å². The van der Waals surface area contributed by atoms with Crippen molar-refractivity contribution in [3.05, 3.63) is 47.6 Å². The first kappa shape index (κ1) is 24.5. The quantitative estimate of drug-likeness (QED) is 0.490. The number of hydrogen-bond donors (Lipinski definition) is 3. The van der Waals surface area contributed by atoms with Crippen molar-refractivity contribution < 1.29 is 15.3 Å². The summed E-state index contributed by atoms with van der Waals surface area (Å²) >= 11 is 0. The first-order valence-corrected chi connectivity index (χ1v) is 12.1. The van der Waals surface area contributed by atoms with Crippen LogP contribution >= 0.6 is 0 Å². The standard InChI is InChI=1S/C27H40O3.CH4/c1-17(6-13-25(29)20-8-9-20)23-11-12-24-19(5-4-14-27(23,24)3)7-10-21-15-22(28)16-26(30)18(21)2;/h6-7,10,13,17,20,22-26,28-30H,2,4-5,8-9,11-12,14-16H2,1,3H3;1H4/b13-6+,19-7+,21-10-;/t17-,22-,23-,24+,25-,26+,27-;/m1./s1. The van der Waals surface area contributed by atoms with Gasteiger partial charge in [-0.25, -0.2) is 0 Å². The minimum atomic E-state index is -0.621. The summed E-state index contributed by atoms with van der Waals surface area (Å²) in [5, 5.41) is 30.4. The molecule has 0 aliphatic heterocycles. The Kier molecular flexibility index (Phi) is 7.71. The SMILES string of the molecule is C.C=C1/C(=C\C=C2/CCC[C@]3(C)[C@@H]([C@H](C)/C=C/[C@@H](O)C4CC4)CC[C@@H]23)C[C@@H](O)C[C@@H]1O. The van der Waals surface area contributed by atoms with Gasteiger partial charge < -0.3 is 15.3 Å². The highest BCUT2D eigenvalue weighted by molar-refractivity contribution is 5.38. The molecule has 0 heterocycles. The molecular weight excluding hydrogens is 384 g/mol. The molecule has 174 valence electrons. The molecule has 0 radical (unpaired) electrons. The second-order valence-corrected chi connectivity index (χ2v) is 10.7. The van der Waals surface area contributed by atoms with Crippen LogP contribution in [0.15, 0.2) is 47.6 Å². The van der Waals surface area contributed by atoms with Gasteiger partial charge in [0.25, 0.3) is 0 Å². The molecule has 3 nitrogen and oxygen atoms in total. The highest BCUT2D eigenvalue weighted by atomic mass is 16.3. The van der Waals surface area contributed by atoms with Crippen LogP contribution in [0, 0.1) is 29.1 Å². The topological polar surface area (TPSA) is 60.7 Å². The third kappa shape index (κ3) is 5.10. The molecule has 0 amide bonds. The number of rotatable bonds is 5. The average molecular weight is 429 g/mol. The van der Waals surface area contributed by atoms with E-state index in [1.807, 2.05) is 0 Å². The van der Waals surface area contributed by atoms with Gasteiger partial charge in [0.1, 0.15) is 0 Å². The first-order valence-electron chi connectivity index (χ1n) is 12.1. The fraction of sp³-hybridized carbons (Fsp3) is 0.714. The smallest absolute Gasteiger partial charge is 0.0811 e. The van der Waals surface area contributed by atoms with E-state index >= 15 is 0 Å². The third-order valence-electron chi connectivity index (χ3n) is 8.65. The lowest BCUT2D eigenvalue weighted by atomic mass is 9.61. The molecule has 0 unspecified atom stereocenters. The van der Waals surface area contributed by atoms with E-state index in [0.29, 0.717) is 41.9 Å². The van der Waals surface area contributed by atoms with Gasteiger partial charge in [-0.1, -0.05) is 57.7 Å². The normalized spacial score (nSPS) is 40.7. The first-order chi connectivity index (χ1) is 14.3. The molecule has 0 bridgehead atoms. The van der Waals surface area contributed by atoms with Gasteiger partial charge in [-0.15, -0.1) is 0 Å². The van der Waals surface area contributed by atoms with Gasteiger partial charge in [-0.2, -0.15) is 0 Å². The summed E-state index contributed by atoms with van der Waals surface area (Å²) in [7, 11) is 0. The number of fused-ring (bicyclic) bond motifs is 1. The minimum absolute atomic E-state index is 0. The zero-order chi connectivity index (χ0) is 21.5. The molecule has 0 aromatic rings. The van der Waals surface area contributed by atoms with E-state index in [-0.39, 0.29) is 13.5 Å². The summed E-state index contributed by atoms with van der Waals surface area (Å²) in [5.41, 5.74) is 3.63. The van der Waals surface area contributed by atoms with Gasteiger partial charge in [-0.3, -0.25) is 0 Å². The van der Waals surface area contributed by atoms with Crippen LogP contribution in [0.1, 0.15) is 79.1 Å². The second kappa shape index (κ2) is 9.77. The number of hydrogen-bond acceptors (Lipinski definition) is 3. The largest absolute Gasteiger partial charge is 0.393 e. The van der Waals surface area contributed by atoms with Crippen LogP contribution in [-0.2, 0) is 0 Å². The molecule has 4 fully saturated rings. The maximum absolute atomic E-state index is 10.2. The van der Waals surface area contributed by atoms with Crippen molar-refractivity contribution in [3.63, 3.8) is 0 Å². The maximum Gasteiger partial charge on any atom is 0.0811 e. The Labute approximate surface area is 189 Å². The lowest BCUT2D eigenvalue weighted by molar-refractivity contribution is 0.0862. The zero-order valence-corrected chi connectivity index (χ0v) is 18.8. The monoisotopic (exact) mass is 428 g/mol. The number of aliphatic hydroxyl groups is 3. The molecule has 7 atom stereocenters.